The van der Waals surface area contributed by atoms with Crippen molar-refractivity contribution in [1.29, 1.82) is 5.26 Å². The van der Waals surface area contributed by atoms with Crippen LogP contribution in [0.3, 0.4) is 0 Å². The number of rotatable bonds is 3. The number of aromatic nitrogens is 4. The highest BCUT2D eigenvalue weighted by molar-refractivity contribution is 6.02. The number of carbonyl (C=O) groups is 1. The summed E-state index contributed by atoms with van der Waals surface area (Å²) < 4.78 is 6.35. The van der Waals surface area contributed by atoms with Gasteiger partial charge in [0.05, 0.1) is 12.8 Å². The van der Waals surface area contributed by atoms with Crippen molar-refractivity contribution in [3.05, 3.63) is 53.8 Å². The van der Waals surface area contributed by atoms with Crippen LogP contribution in [0.5, 0.6) is 0 Å². The lowest BCUT2D eigenvalue weighted by Gasteiger charge is -2.06. The van der Waals surface area contributed by atoms with Gasteiger partial charge in [-0.1, -0.05) is 17.7 Å². The molecule has 1 aromatic carbocycles. The molecule has 25 heavy (non-hydrogen) atoms. The second kappa shape index (κ2) is 6.41. The van der Waals surface area contributed by atoms with Gasteiger partial charge in [-0.15, -0.1) is 0 Å². The summed E-state index contributed by atoms with van der Waals surface area (Å²) in [6.07, 6.45) is 2.90. The average Bonchev–Trinajstić information content (AvgIpc) is 3.06. The van der Waals surface area contributed by atoms with Gasteiger partial charge in [-0.3, -0.25) is 4.57 Å². The Balaban J connectivity index is 2.20. The molecular weight excluding hydrogens is 320 g/mol. The van der Waals surface area contributed by atoms with E-state index in [1.807, 2.05) is 31.2 Å². The number of carbonyl (C=O) groups excluding carboxylic acids is 1. The summed E-state index contributed by atoms with van der Waals surface area (Å²) in [5.41, 5.74) is 8.66. The predicted molar refractivity (Wildman–Crippen MR) is 90.1 cm³/mol. The zero-order chi connectivity index (χ0) is 18.0. The lowest BCUT2D eigenvalue weighted by molar-refractivity contribution is -0.135. The third-order valence-corrected chi connectivity index (χ3v) is 3.67. The van der Waals surface area contributed by atoms with Crippen molar-refractivity contribution in [2.45, 2.75) is 6.92 Å². The van der Waals surface area contributed by atoms with E-state index in [4.69, 9.17) is 5.73 Å². The molecule has 3 aromatic rings. The molecule has 3 rings (SSSR count). The van der Waals surface area contributed by atoms with E-state index < -0.39 is 5.97 Å². The van der Waals surface area contributed by atoms with Crippen LogP contribution in [-0.4, -0.2) is 32.6 Å². The molecule has 0 atom stereocenters. The molecule has 2 aromatic heterocycles. The largest absolute Gasteiger partial charge is 0.465 e. The number of nitrogens with zero attached hydrogens (tertiary/aromatic N) is 5. The number of esters is 1. The molecule has 8 nitrogen and oxygen atoms in total. The Hall–Kier alpha value is -3.73. The number of imidazole rings is 1. The van der Waals surface area contributed by atoms with Gasteiger partial charge in [0, 0.05) is 5.69 Å². The lowest BCUT2D eigenvalue weighted by atomic mass is 10.1. The van der Waals surface area contributed by atoms with Gasteiger partial charge in [0.2, 0.25) is 0 Å². The van der Waals surface area contributed by atoms with Gasteiger partial charge in [-0.25, -0.2) is 19.7 Å². The topological polar surface area (TPSA) is 120 Å². The first kappa shape index (κ1) is 16.1. The van der Waals surface area contributed by atoms with Gasteiger partial charge in [0.25, 0.3) is 0 Å². The zero-order valence-corrected chi connectivity index (χ0v) is 13.6. The van der Waals surface area contributed by atoms with Crippen molar-refractivity contribution >= 4 is 22.8 Å². The molecule has 0 aliphatic rings. The van der Waals surface area contributed by atoms with E-state index in [0.29, 0.717) is 11.2 Å². The van der Waals surface area contributed by atoms with Crippen LogP contribution in [-0.2, 0) is 9.53 Å². The molecule has 0 unspecified atom stereocenters. The highest BCUT2D eigenvalue weighted by Crippen LogP contribution is 2.22. The number of aryl methyl sites for hydroxylation is 1. The Labute approximate surface area is 143 Å². The fourth-order valence-corrected chi connectivity index (χ4v) is 2.36. The molecule has 0 spiro atoms. The monoisotopic (exact) mass is 334 g/mol. The van der Waals surface area contributed by atoms with Crippen molar-refractivity contribution < 1.29 is 9.53 Å². The van der Waals surface area contributed by atoms with E-state index in [2.05, 4.69) is 19.7 Å². The van der Waals surface area contributed by atoms with Gasteiger partial charge in [-0.05, 0) is 19.1 Å². The Bertz CT molecular complexity index is 1030. The highest BCUT2D eigenvalue weighted by Gasteiger charge is 2.20. The Morgan fingerprint density at radius 2 is 1.96 bits per heavy atom. The molecule has 0 amide bonds. The standard InChI is InChI=1S/C17H14N6O2/c1-10-3-5-11(6-4-10)23-9-22-15-14(20-8-21-16(15)23)13(19)12(7-18)17(24)25-2/h3-6,8-9H,19H2,1-2H3/b13-12-. The summed E-state index contributed by atoms with van der Waals surface area (Å²) >= 11 is 0. The number of nitriles is 1. The third kappa shape index (κ3) is 2.79. The van der Waals surface area contributed by atoms with Gasteiger partial charge in [0.1, 0.15) is 29.9 Å². The summed E-state index contributed by atoms with van der Waals surface area (Å²) in [6.45, 7) is 2.00. The van der Waals surface area contributed by atoms with Crippen molar-refractivity contribution in [1.82, 2.24) is 19.5 Å². The SMILES string of the molecule is COC(=O)/C(C#N)=C(\N)c1ncnc2c1ncn2-c1ccc(C)cc1. The van der Waals surface area contributed by atoms with Gasteiger partial charge in [0.15, 0.2) is 11.2 Å². The first-order valence-corrected chi connectivity index (χ1v) is 7.30. The number of hydrogen-bond acceptors (Lipinski definition) is 7. The summed E-state index contributed by atoms with van der Waals surface area (Å²) in [4.78, 5) is 24.3. The van der Waals surface area contributed by atoms with Crippen molar-refractivity contribution in [2.24, 2.45) is 5.73 Å². The lowest BCUT2D eigenvalue weighted by Crippen LogP contribution is -2.12. The summed E-state index contributed by atoms with van der Waals surface area (Å²) in [6, 6.07) is 9.57. The molecular formula is C17H14N6O2. The Morgan fingerprint density at radius 3 is 2.60 bits per heavy atom. The van der Waals surface area contributed by atoms with Crippen LogP contribution in [0, 0.1) is 18.3 Å². The van der Waals surface area contributed by atoms with E-state index in [-0.39, 0.29) is 17.0 Å². The van der Waals surface area contributed by atoms with Crippen LogP contribution in [0.2, 0.25) is 0 Å². The summed E-state index contributed by atoms with van der Waals surface area (Å²) in [5, 5.41) is 9.18. The fourth-order valence-electron chi connectivity index (χ4n) is 2.36. The zero-order valence-electron chi connectivity index (χ0n) is 13.6. The minimum absolute atomic E-state index is 0.101. The number of benzene rings is 1. The van der Waals surface area contributed by atoms with Crippen molar-refractivity contribution in [2.75, 3.05) is 7.11 Å². The molecule has 0 bridgehead atoms. The molecule has 0 saturated carbocycles. The van der Waals surface area contributed by atoms with E-state index in [9.17, 15) is 10.1 Å². The molecule has 2 N–H and O–H groups in total. The van der Waals surface area contributed by atoms with Crippen molar-refractivity contribution in [3.63, 3.8) is 0 Å². The molecule has 0 radical (unpaired) electrons. The Morgan fingerprint density at radius 1 is 1.24 bits per heavy atom. The van der Waals surface area contributed by atoms with E-state index >= 15 is 0 Å². The first-order chi connectivity index (χ1) is 12.1. The predicted octanol–water partition coefficient (Wildman–Crippen LogP) is 1.49. The number of ether oxygens (including phenoxy) is 1. The quantitative estimate of drug-likeness (QED) is 0.437. The van der Waals surface area contributed by atoms with Crippen LogP contribution in [0.4, 0.5) is 0 Å². The molecule has 0 fully saturated rings. The van der Waals surface area contributed by atoms with Gasteiger partial charge >= 0.3 is 5.97 Å². The van der Waals surface area contributed by atoms with Crippen LogP contribution < -0.4 is 5.73 Å². The number of nitrogens with two attached hydrogens (primary N) is 1. The maximum atomic E-state index is 11.7. The highest BCUT2D eigenvalue weighted by atomic mass is 16.5. The maximum Gasteiger partial charge on any atom is 0.350 e. The molecule has 0 aliphatic heterocycles. The summed E-state index contributed by atoms with van der Waals surface area (Å²) in [7, 11) is 1.18. The normalized spacial score (nSPS) is 11.7. The number of fused-ring (bicyclic) bond motifs is 1. The first-order valence-electron chi connectivity index (χ1n) is 7.30. The number of methoxy groups -OCH3 is 1. The third-order valence-electron chi connectivity index (χ3n) is 3.67. The number of hydrogen-bond donors (Lipinski definition) is 1. The van der Waals surface area contributed by atoms with E-state index in [1.54, 1.807) is 17.0 Å². The second-order valence-corrected chi connectivity index (χ2v) is 5.24. The minimum atomic E-state index is -0.829. The van der Waals surface area contributed by atoms with Crippen LogP contribution in [0.1, 0.15) is 11.3 Å². The van der Waals surface area contributed by atoms with Gasteiger partial charge < -0.3 is 10.5 Å². The Kier molecular flexibility index (Phi) is 4.14. The molecule has 0 saturated heterocycles. The second-order valence-electron chi connectivity index (χ2n) is 5.24. The molecule has 0 aliphatic carbocycles. The van der Waals surface area contributed by atoms with Gasteiger partial charge in [-0.2, -0.15) is 5.26 Å². The summed E-state index contributed by atoms with van der Waals surface area (Å²) in [5.74, 6) is -0.829. The maximum absolute atomic E-state index is 11.7. The average molecular weight is 334 g/mol. The minimum Gasteiger partial charge on any atom is -0.465 e. The van der Waals surface area contributed by atoms with Crippen molar-refractivity contribution in [3.8, 4) is 11.8 Å². The molecule has 124 valence electrons. The fraction of sp³-hybridized carbons (Fsp3) is 0.118. The van der Waals surface area contributed by atoms with E-state index in [1.165, 1.54) is 13.4 Å². The molecule has 2 heterocycles. The van der Waals surface area contributed by atoms with E-state index in [0.717, 1.165) is 11.3 Å². The van der Waals surface area contributed by atoms with Crippen LogP contribution in [0.25, 0.3) is 22.5 Å². The van der Waals surface area contributed by atoms with Crippen LogP contribution >= 0.6 is 0 Å². The smallest absolute Gasteiger partial charge is 0.350 e. The van der Waals surface area contributed by atoms with Crippen LogP contribution in [0.15, 0.2) is 42.5 Å². The molecule has 8 heteroatoms.